The molecule has 6 heteroatoms. The zero-order chi connectivity index (χ0) is 15.2. The number of nitrogens with one attached hydrogen (secondary N) is 1. The van der Waals surface area contributed by atoms with Crippen LogP contribution in [0.15, 0.2) is 11.1 Å². The van der Waals surface area contributed by atoms with Crippen LogP contribution in [-0.2, 0) is 6.54 Å². The van der Waals surface area contributed by atoms with Crippen molar-refractivity contribution in [3.8, 4) is 0 Å². The van der Waals surface area contributed by atoms with E-state index in [2.05, 4.69) is 46.8 Å². The molecular weight excluding hydrogens is 389 g/mol. The molecule has 1 unspecified atom stereocenters. The van der Waals surface area contributed by atoms with Crippen LogP contribution >= 0.6 is 24.0 Å². The summed E-state index contributed by atoms with van der Waals surface area (Å²) in [6.45, 7) is 13.5. The van der Waals surface area contributed by atoms with Gasteiger partial charge in [-0.25, -0.2) is 0 Å². The van der Waals surface area contributed by atoms with Gasteiger partial charge < -0.3 is 10.2 Å². The second-order valence-corrected chi connectivity index (χ2v) is 6.10. The molecule has 22 heavy (non-hydrogen) atoms. The number of aryl methyl sites for hydroxylation is 2. The van der Waals surface area contributed by atoms with Gasteiger partial charge >= 0.3 is 0 Å². The topological polar surface area (TPSA) is 45.5 Å². The molecule has 5 nitrogen and oxygen atoms in total. The highest BCUT2D eigenvalue weighted by Crippen LogP contribution is 2.10. The van der Waals surface area contributed by atoms with E-state index in [9.17, 15) is 0 Å². The first-order valence-corrected chi connectivity index (χ1v) is 8.14. The summed E-state index contributed by atoms with van der Waals surface area (Å²) in [4.78, 5) is 7.19. The Morgan fingerprint density at radius 2 is 2.05 bits per heavy atom. The van der Waals surface area contributed by atoms with Crippen LogP contribution in [0.4, 0.5) is 0 Å². The smallest absolute Gasteiger partial charge is 0.193 e. The Hall–Kier alpha value is -0.790. The zero-order valence-corrected chi connectivity index (χ0v) is 16.6. The van der Waals surface area contributed by atoms with Gasteiger partial charge in [-0.3, -0.25) is 9.67 Å². The largest absolute Gasteiger partial charge is 0.357 e. The van der Waals surface area contributed by atoms with E-state index in [1.165, 1.54) is 18.5 Å². The lowest BCUT2D eigenvalue weighted by atomic mass is 10.2. The fourth-order valence-corrected chi connectivity index (χ4v) is 2.81. The minimum Gasteiger partial charge on any atom is -0.357 e. The average Bonchev–Trinajstić information content (AvgIpc) is 3.05. The first-order valence-electron chi connectivity index (χ1n) is 8.14. The summed E-state index contributed by atoms with van der Waals surface area (Å²) in [5, 5.41) is 7.95. The Kier molecular flexibility index (Phi) is 8.20. The lowest BCUT2D eigenvalue weighted by Gasteiger charge is -2.21. The van der Waals surface area contributed by atoms with Gasteiger partial charge in [0, 0.05) is 38.4 Å². The van der Waals surface area contributed by atoms with Gasteiger partial charge in [-0.1, -0.05) is 6.92 Å². The third-order valence-electron chi connectivity index (χ3n) is 3.88. The number of hydrogen-bond acceptors (Lipinski definition) is 2. The first kappa shape index (κ1) is 19.3. The Labute approximate surface area is 151 Å². The van der Waals surface area contributed by atoms with Gasteiger partial charge in [-0.2, -0.15) is 5.10 Å². The van der Waals surface area contributed by atoms with Crippen molar-refractivity contribution in [2.45, 2.75) is 47.1 Å². The summed E-state index contributed by atoms with van der Waals surface area (Å²) in [6, 6.07) is 2.13. The van der Waals surface area contributed by atoms with Gasteiger partial charge in [0.1, 0.15) is 0 Å². The highest BCUT2D eigenvalue weighted by atomic mass is 127. The van der Waals surface area contributed by atoms with E-state index in [-0.39, 0.29) is 24.0 Å². The average molecular weight is 419 g/mol. The highest BCUT2D eigenvalue weighted by molar-refractivity contribution is 14.0. The molecule has 2 heterocycles. The summed E-state index contributed by atoms with van der Waals surface area (Å²) in [6.07, 6.45) is 2.57. The summed E-state index contributed by atoms with van der Waals surface area (Å²) in [5.74, 6) is 1.56. The maximum atomic E-state index is 4.82. The lowest BCUT2D eigenvalue weighted by Crippen LogP contribution is -2.40. The molecule has 126 valence electrons. The van der Waals surface area contributed by atoms with Crippen LogP contribution in [0.25, 0.3) is 0 Å². The minimum atomic E-state index is 0. The molecule has 0 bridgehead atoms. The molecule has 1 aliphatic heterocycles. The third-order valence-corrected chi connectivity index (χ3v) is 3.88. The highest BCUT2D eigenvalue weighted by Gasteiger charge is 2.16. The molecule has 1 fully saturated rings. The monoisotopic (exact) mass is 419 g/mol. The van der Waals surface area contributed by atoms with Crippen molar-refractivity contribution >= 4 is 29.9 Å². The molecule has 1 aromatic rings. The molecule has 0 saturated carbocycles. The predicted molar refractivity (Wildman–Crippen MR) is 103 cm³/mol. The quantitative estimate of drug-likeness (QED) is 0.454. The predicted octanol–water partition coefficient (Wildman–Crippen LogP) is 2.82. The molecule has 1 saturated heterocycles. The van der Waals surface area contributed by atoms with E-state index in [0.717, 1.165) is 44.4 Å². The Morgan fingerprint density at radius 1 is 1.36 bits per heavy atom. The number of aliphatic imine (C=N–C) groups is 1. The molecule has 1 aliphatic rings. The Morgan fingerprint density at radius 3 is 2.59 bits per heavy atom. The van der Waals surface area contributed by atoms with E-state index in [4.69, 9.17) is 4.99 Å². The number of rotatable bonds is 5. The van der Waals surface area contributed by atoms with Crippen molar-refractivity contribution < 1.29 is 0 Å². The number of likely N-dealkylation sites (tertiary alicyclic amines) is 1. The van der Waals surface area contributed by atoms with Crippen molar-refractivity contribution in [3.63, 3.8) is 0 Å². The van der Waals surface area contributed by atoms with E-state index in [1.807, 2.05) is 6.92 Å². The summed E-state index contributed by atoms with van der Waals surface area (Å²) >= 11 is 0. The molecule has 1 aromatic heterocycles. The first-order chi connectivity index (χ1) is 10.1. The lowest BCUT2D eigenvalue weighted by molar-refractivity contribution is 0.441. The van der Waals surface area contributed by atoms with E-state index in [0.29, 0.717) is 5.92 Å². The van der Waals surface area contributed by atoms with Crippen LogP contribution in [0.3, 0.4) is 0 Å². The van der Waals surface area contributed by atoms with Crippen molar-refractivity contribution in [3.05, 3.63) is 17.5 Å². The van der Waals surface area contributed by atoms with Gasteiger partial charge in [0.25, 0.3) is 0 Å². The van der Waals surface area contributed by atoms with E-state index < -0.39 is 0 Å². The number of hydrogen-bond donors (Lipinski definition) is 1. The molecule has 0 amide bonds. The van der Waals surface area contributed by atoms with E-state index in [1.54, 1.807) is 0 Å². The van der Waals surface area contributed by atoms with Gasteiger partial charge in [-0.15, -0.1) is 24.0 Å². The molecular formula is C16H30IN5. The standard InChI is InChI=1S/C16H29N5.HI/c1-5-17-16(20-8-6-7-9-20)18-11-13(2)12-21-15(4)10-14(3)19-21;/h10,13H,5-9,11-12H2,1-4H3,(H,17,18);1H. The number of aromatic nitrogens is 2. The van der Waals surface area contributed by atoms with Gasteiger partial charge in [0.2, 0.25) is 0 Å². The van der Waals surface area contributed by atoms with Crippen molar-refractivity contribution in [2.24, 2.45) is 10.9 Å². The Bertz CT molecular complexity index is 477. The zero-order valence-electron chi connectivity index (χ0n) is 14.3. The van der Waals surface area contributed by atoms with Crippen LogP contribution in [0.5, 0.6) is 0 Å². The van der Waals surface area contributed by atoms with Crippen molar-refractivity contribution in [1.82, 2.24) is 20.0 Å². The minimum absolute atomic E-state index is 0. The van der Waals surface area contributed by atoms with Crippen LogP contribution in [0.2, 0.25) is 0 Å². The van der Waals surface area contributed by atoms with Gasteiger partial charge in [0.05, 0.1) is 5.69 Å². The van der Waals surface area contributed by atoms with Crippen LogP contribution in [0, 0.1) is 19.8 Å². The molecule has 1 N–H and O–H groups in total. The molecule has 0 spiro atoms. The third kappa shape index (κ3) is 5.44. The second kappa shape index (κ2) is 9.37. The molecule has 2 rings (SSSR count). The normalized spacial score (nSPS) is 16.5. The summed E-state index contributed by atoms with van der Waals surface area (Å²) < 4.78 is 2.10. The van der Waals surface area contributed by atoms with Crippen LogP contribution in [-0.4, -0.2) is 46.8 Å². The fraction of sp³-hybridized carbons (Fsp3) is 0.750. The van der Waals surface area contributed by atoms with Crippen molar-refractivity contribution in [2.75, 3.05) is 26.2 Å². The number of guanidine groups is 1. The molecule has 0 radical (unpaired) electrons. The molecule has 0 aliphatic carbocycles. The maximum Gasteiger partial charge on any atom is 0.193 e. The molecule has 1 atom stereocenters. The Balaban J connectivity index is 0.00000242. The number of nitrogens with zero attached hydrogens (tertiary/aromatic N) is 4. The maximum absolute atomic E-state index is 4.82. The van der Waals surface area contributed by atoms with Gasteiger partial charge in [0.15, 0.2) is 5.96 Å². The summed E-state index contributed by atoms with van der Waals surface area (Å²) in [7, 11) is 0. The second-order valence-electron chi connectivity index (χ2n) is 6.10. The number of halogens is 1. The molecule has 0 aromatic carbocycles. The SMILES string of the molecule is CCNC(=NCC(C)Cn1nc(C)cc1C)N1CCCC1.I. The fourth-order valence-electron chi connectivity index (χ4n) is 2.81. The van der Waals surface area contributed by atoms with E-state index >= 15 is 0 Å². The van der Waals surface area contributed by atoms with Crippen LogP contribution < -0.4 is 5.32 Å². The van der Waals surface area contributed by atoms with Crippen LogP contribution in [0.1, 0.15) is 38.1 Å². The van der Waals surface area contributed by atoms with Gasteiger partial charge in [-0.05, 0) is 45.6 Å². The van der Waals surface area contributed by atoms with Crippen molar-refractivity contribution in [1.29, 1.82) is 0 Å². The summed E-state index contributed by atoms with van der Waals surface area (Å²) in [5.41, 5.74) is 2.32.